The molecule has 0 radical (unpaired) electrons. The topological polar surface area (TPSA) is 92.5 Å². The first-order chi connectivity index (χ1) is 10.9. The average Bonchev–Trinajstić information content (AvgIpc) is 3.24. The van der Waals surface area contributed by atoms with Crippen LogP contribution in [0.5, 0.6) is 0 Å². The van der Waals surface area contributed by atoms with Gasteiger partial charge in [0.05, 0.1) is 5.75 Å². The summed E-state index contributed by atoms with van der Waals surface area (Å²) in [5.41, 5.74) is 0.308. The maximum absolute atomic E-state index is 12.2. The predicted molar refractivity (Wildman–Crippen MR) is 84.6 cm³/mol. The van der Waals surface area contributed by atoms with E-state index in [9.17, 15) is 13.2 Å². The molecule has 0 bridgehead atoms. The van der Waals surface area contributed by atoms with Gasteiger partial charge in [-0.1, -0.05) is 5.16 Å². The number of carbonyl (C=O) groups excluding carboxylic acids is 1. The van der Waals surface area contributed by atoms with Crippen molar-refractivity contribution in [2.24, 2.45) is 0 Å². The van der Waals surface area contributed by atoms with E-state index in [0.29, 0.717) is 31.0 Å². The zero-order valence-corrected chi connectivity index (χ0v) is 14.3. The van der Waals surface area contributed by atoms with Crippen molar-refractivity contribution < 1.29 is 17.7 Å². The number of piperidine rings is 1. The van der Waals surface area contributed by atoms with Crippen molar-refractivity contribution in [2.45, 2.75) is 57.5 Å². The van der Waals surface area contributed by atoms with Gasteiger partial charge in [-0.2, -0.15) is 4.31 Å². The highest BCUT2D eigenvalue weighted by Gasteiger charge is 2.34. The summed E-state index contributed by atoms with van der Waals surface area (Å²) in [6.07, 6.45) is 3.41. The molecule has 8 heteroatoms. The summed E-state index contributed by atoms with van der Waals surface area (Å²) >= 11 is 0. The van der Waals surface area contributed by atoms with Crippen molar-refractivity contribution in [3.63, 3.8) is 0 Å². The SMILES string of the molecule is CCS(=O)(=O)N1CC[C@@H](NC(=O)c2cc(C3CC3)on2)C[C@@H]1C. The average molecular weight is 341 g/mol. The van der Waals surface area contributed by atoms with Crippen LogP contribution in [0.1, 0.15) is 61.7 Å². The molecule has 2 heterocycles. The van der Waals surface area contributed by atoms with E-state index in [-0.39, 0.29) is 23.7 Å². The zero-order valence-electron chi connectivity index (χ0n) is 13.5. The first-order valence-corrected chi connectivity index (χ1v) is 9.78. The number of nitrogens with one attached hydrogen (secondary N) is 1. The van der Waals surface area contributed by atoms with Gasteiger partial charge in [0, 0.05) is 30.6 Å². The zero-order chi connectivity index (χ0) is 16.6. The Morgan fingerprint density at radius 3 is 2.78 bits per heavy atom. The van der Waals surface area contributed by atoms with Crippen LogP contribution < -0.4 is 5.32 Å². The number of rotatable bonds is 5. The lowest BCUT2D eigenvalue weighted by Gasteiger charge is -2.36. The molecule has 1 aromatic rings. The fourth-order valence-corrected chi connectivity index (χ4v) is 4.43. The highest BCUT2D eigenvalue weighted by molar-refractivity contribution is 7.89. The molecular weight excluding hydrogens is 318 g/mol. The van der Waals surface area contributed by atoms with E-state index in [1.165, 1.54) is 4.31 Å². The Balaban J connectivity index is 1.57. The van der Waals surface area contributed by atoms with Crippen molar-refractivity contribution in [2.75, 3.05) is 12.3 Å². The van der Waals surface area contributed by atoms with Crippen LogP contribution in [-0.2, 0) is 10.0 Å². The lowest BCUT2D eigenvalue weighted by Crippen LogP contribution is -2.51. The van der Waals surface area contributed by atoms with Gasteiger partial charge in [-0.3, -0.25) is 4.79 Å². The van der Waals surface area contributed by atoms with Gasteiger partial charge in [-0.05, 0) is 39.5 Å². The molecule has 0 unspecified atom stereocenters. The molecule has 1 saturated heterocycles. The molecule has 2 fully saturated rings. The van der Waals surface area contributed by atoms with E-state index in [2.05, 4.69) is 10.5 Å². The second kappa shape index (κ2) is 6.24. The van der Waals surface area contributed by atoms with Gasteiger partial charge in [-0.15, -0.1) is 0 Å². The summed E-state index contributed by atoms with van der Waals surface area (Å²) in [6, 6.07) is 1.56. The van der Waals surface area contributed by atoms with Crippen LogP contribution in [-0.4, -0.2) is 48.2 Å². The molecule has 1 N–H and O–H groups in total. The van der Waals surface area contributed by atoms with E-state index in [1.807, 2.05) is 6.92 Å². The van der Waals surface area contributed by atoms with E-state index >= 15 is 0 Å². The molecule has 23 heavy (non-hydrogen) atoms. The highest BCUT2D eigenvalue weighted by atomic mass is 32.2. The summed E-state index contributed by atoms with van der Waals surface area (Å²) in [4.78, 5) is 12.2. The Bertz CT molecular complexity index is 681. The first kappa shape index (κ1) is 16.4. The maximum atomic E-state index is 12.2. The van der Waals surface area contributed by atoms with Gasteiger partial charge < -0.3 is 9.84 Å². The Kier molecular flexibility index (Phi) is 4.46. The normalized spacial score (nSPS) is 26.2. The van der Waals surface area contributed by atoms with Gasteiger partial charge in [0.1, 0.15) is 5.76 Å². The minimum absolute atomic E-state index is 0.0399. The van der Waals surface area contributed by atoms with Crippen LogP contribution in [0, 0.1) is 0 Å². The standard InChI is InChI=1S/C15H23N3O4S/c1-3-23(20,21)18-7-6-12(8-10(18)2)16-15(19)13-9-14(22-17-13)11-4-5-11/h9-12H,3-8H2,1-2H3,(H,16,19)/t10-,12+/m0/s1. The monoisotopic (exact) mass is 341 g/mol. The summed E-state index contributed by atoms with van der Waals surface area (Å²) < 4.78 is 30.7. The molecule has 0 aromatic carbocycles. The number of nitrogens with zero attached hydrogens (tertiary/aromatic N) is 2. The Morgan fingerprint density at radius 2 is 2.17 bits per heavy atom. The fourth-order valence-electron chi connectivity index (χ4n) is 3.08. The van der Waals surface area contributed by atoms with Gasteiger partial charge in [0.15, 0.2) is 5.69 Å². The number of carbonyl (C=O) groups is 1. The third-order valence-electron chi connectivity index (χ3n) is 4.61. The van der Waals surface area contributed by atoms with Crippen LogP contribution in [0.3, 0.4) is 0 Å². The lowest BCUT2D eigenvalue weighted by atomic mass is 10.0. The molecule has 0 spiro atoms. The molecule has 1 aliphatic heterocycles. The quantitative estimate of drug-likeness (QED) is 0.876. The molecule has 1 aromatic heterocycles. The highest BCUT2D eigenvalue weighted by Crippen LogP contribution is 2.40. The van der Waals surface area contributed by atoms with E-state index in [4.69, 9.17) is 4.52 Å². The van der Waals surface area contributed by atoms with Crippen molar-refractivity contribution in [1.82, 2.24) is 14.8 Å². The predicted octanol–water partition coefficient (Wildman–Crippen LogP) is 1.48. The van der Waals surface area contributed by atoms with Gasteiger partial charge in [0.25, 0.3) is 5.91 Å². The molecule has 2 aliphatic rings. The van der Waals surface area contributed by atoms with E-state index in [0.717, 1.165) is 18.6 Å². The summed E-state index contributed by atoms with van der Waals surface area (Å²) in [5.74, 6) is 1.07. The number of hydrogen-bond acceptors (Lipinski definition) is 5. The van der Waals surface area contributed by atoms with Crippen molar-refractivity contribution in [3.8, 4) is 0 Å². The van der Waals surface area contributed by atoms with Crippen LogP contribution >= 0.6 is 0 Å². The van der Waals surface area contributed by atoms with Crippen molar-refractivity contribution in [1.29, 1.82) is 0 Å². The van der Waals surface area contributed by atoms with Crippen LogP contribution in [0.15, 0.2) is 10.6 Å². The van der Waals surface area contributed by atoms with Gasteiger partial charge >= 0.3 is 0 Å². The minimum Gasteiger partial charge on any atom is -0.360 e. The van der Waals surface area contributed by atoms with Crippen LogP contribution in [0.25, 0.3) is 0 Å². The molecular formula is C15H23N3O4S. The van der Waals surface area contributed by atoms with E-state index < -0.39 is 10.0 Å². The summed E-state index contributed by atoms with van der Waals surface area (Å²) in [5, 5.41) is 6.78. The third-order valence-corrected chi connectivity index (χ3v) is 6.60. The fraction of sp³-hybridized carbons (Fsp3) is 0.733. The third kappa shape index (κ3) is 3.58. The molecule has 1 amide bonds. The molecule has 7 nitrogen and oxygen atoms in total. The largest absolute Gasteiger partial charge is 0.360 e. The Labute approximate surface area is 136 Å². The first-order valence-electron chi connectivity index (χ1n) is 8.17. The molecule has 2 atom stereocenters. The molecule has 1 aliphatic carbocycles. The second-order valence-electron chi connectivity index (χ2n) is 6.44. The Morgan fingerprint density at radius 1 is 1.43 bits per heavy atom. The van der Waals surface area contributed by atoms with Gasteiger partial charge in [0.2, 0.25) is 10.0 Å². The molecule has 128 valence electrons. The van der Waals surface area contributed by atoms with Gasteiger partial charge in [-0.25, -0.2) is 8.42 Å². The van der Waals surface area contributed by atoms with E-state index in [1.54, 1.807) is 13.0 Å². The molecule has 3 rings (SSSR count). The number of amides is 1. The lowest BCUT2D eigenvalue weighted by molar-refractivity contribution is 0.0905. The minimum atomic E-state index is -3.18. The molecule has 1 saturated carbocycles. The Hall–Kier alpha value is -1.41. The maximum Gasteiger partial charge on any atom is 0.273 e. The number of aromatic nitrogens is 1. The van der Waals surface area contributed by atoms with Crippen LogP contribution in [0.4, 0.5) is 0 Å². The number of hydrogen-bond donors (Lipinski definition) is 1. The van der Waals surface area contributed by atoms with Crippen molar-refractivity contribution in [3.05, 3.63) is 17.5 Å². The second-order valence-corrected chi connectivity index (χ2v) is 8.65. The summed E-state index contributed by atoms with van der Waals surface area (Å²) in [6.45, 7) is 3.97. The van der Waals surface area contributed by atoms with Crippen LogP contribution in [0.2, 0.25) is 0 Å². The van der Waals surface area contributed by atoms with Crippen molar-refractivity contribution >= 4 is 15.9 Å². The number of sulfonamides is 1. The summed E-state index contributed by atoms with van der Waals surface area (Å²) in [7, 11) is -3.18. The smallest absolute Gasteiger partial charge is 0.273 e.